The monoisotopic (exact) mass is 110 g/mol. The Morgan fingerprint density at radius 2 is 1.67 bits per heavy atom. The Morgan fingerprint density at radius 1 is 1.11 bits per heavy atom. The minimum absolute atomic E-state index is 0. The molecule has 0 aliphatic rings. The summed E-state index contributed by atoms with van der Waals surface area (Å²) >= 11 is 0. The van der Waals surface area contributed by atoms with Gasteiger partial charge in [-0.05, 0) is 0 Å². The summed E-state index contributed by atoms with van der Waals surface area (Å²) in [7, 11) is 0. The largest absolute Gasteiger partial charge is 0.298 e. The van der Waals surface area contributed by atoms with Gasteiger partial charge in [-0.3, -0.25) is 4.79 Å². The quantitative estimate of drug-likeness (QED) is 0.500. The van der Waals surface area contributed by atoms with Crippen LogP contribution in [0.15, 0.2) is 30.3 Å². The molecule has 0 fully saturated rings. The second kappa shape index (κ2) is 3.76. The molecule has 0 saturated carbocycles. The molecule has 0 amide bonds. The number of hydrogen-bond acceptors (Lipinski definition) is 1. The van der Waals surface area contributed by atoms with Gasteiger partial charge in [-0.1, -0.05) is 30.3 Å². The second-order valence-corrected chi connectivity index (χ2v) is 1.53. The third-order valence-electron chi connectivity index (χ3n) is 0.936. The minimum atomic E-state index is 0. The zero-order valence-corrected chi connectivity index (χ0v) is 5.08. The summed E-state index contributed by atoms with van der Waals surface area (Å²) in [5.41, 5.74) is 0.729. The van der Waals surface area contributed by atoms with Crippen LogP contribution in [0.4, 0.5) is 0 Å². The van der Waals surface area contributed by atoms with Gasteiger partial charge in [0.1, 0.15) is 6.29 Å². The average molecular weight is 110 g/mol. The summed E-state index contributed by atoms with van der Waals surface area (Å²) in [4.78, 5) is 10.0. The summed E-state index contributed by atoms with van der Waals surface area (Å²) in [5.74, 6) is 0. The molecule has 1 aromatic rings. The molecule has 0 aromatic heterocycles. The fraction of sp³-hybridized carbons (Fsp3) is 0. The summed E-state index contributed by atoms with van der Waals surface area (Å²) in [5, 5.41) is 0. The van der Waals surface area contributed by atoms with E-state index in [4.69, 9.17) is 0 Å². The first-order chi connectivity index (χ1) is 3.93. The van der Waals surface area contributed by atoms with E-state index in [0.717, 1.165) is 11.8 Å². The Bertz CT molecular complexity index is 172. The predicted octanol–water partition coefficient (Wildman–Crippen LogP) is 1.50. The fourth-order valence-electron chi connectivity index (χ4n) is 0.532. The van der Waals surface area contributed by atoms with Crippen LogP contribution in [0.1, 0.15) is 10.4 Å². The number of hydrogen-bond donors (Lipinski definition) is 0. The maximum Gasteiger partial charge on any atom is 0.150 e. The van der Waals surface area contributed by atoms with Crippen molar-refractivity contribution in [3.05, 3.63) is 35.9 Å². The Morgan fingerprint density at radius 3 is 2.00 bits per heavy atom. The molecule has 2 heteroatoms. The van der Waals surface area contributed by atoms with Crippen molar-refractivity contribution in [2.24, 2.45) is 0 Å². The van der Waals surface area contributed by atoms with Gasteiger partial charge in [0.25, 0.3) is 0 Å². The van der Waals surface area contributed by atoms with Crippen LogP contribution in [0.25, 0.3) is 0 Å². The van der Waals surface area contributed by atoms with E-state index in [9.17, 15) is 4.79 Å². The molecule has 0 aliphatic carbocycles. The van der Waals surface area contributed by atoms with Gasteiger partial charge in [-0.2, -0.15) is 0 Å². The molecular weight excluding hydrogens is 104 g/mol. The third kappa shape index (κ3) is 2.02. The molecule has 0 saturated heterocycles. The molecule has 0 spiro atoms. The molecule has 0 atom stereocenters. The van der Waals surface area contributed by atoms with Crippen LogP contribution in [-0.4, -0.2) is 6.29 Å². The van der Waals surface area contributed by atoms with E-state index in [1.165, 1.54) is 0 Å². The third-order valence-corrected chi connectivity index (χ3v) is 0.936. The number of aldehydes is 1. The topological polar surface area (TPSA) is 17.1 Å². The first-order valence-electron chi connectivity index (χ1n) is 2.44. The Labute approximate surface area is 54.1 Å². The van der Waals surface area contributed by atoms with Crippen molar-refractivity contribution in [2.75, 3.05) is 0 Å². The van der Waals surface area contributed by atoms with Gasteiger partial charge in [0.2, 0.25) is 0 Å². The van der Waals surface area contributed by atoms with Crippen LogP contribution in [0.5, 0.6) is 0 Å². The molecule has 0 radical (unpaired) electrons. The zero-order chi connectivity index (χ0) is 5.82. The molecule has 0 heterocycles. The molecule has 42 valence electrons. The van der Waals surface area contributed by atoms with Crippen molar-refractivity contribution in [3.63, 3.8) is 0 Å². The smallest absolute Gasteiger partial charge is 0.150 e. The molecule has 1 rings (SSSR count). The van der Waals surface area contributed by atoms with E-state index >= 15 is 0 Å². The summed E-state index contributed by atoms with van der Waals surface area (Å²) < 4.78 is 0. The summed E-state index contributed by atoms with van der Waals surface area (Å²) in [6.45, 7) is 0. The number of carbonyl (C=O) groups excluding carboxylic acids is 1. The predicted molar refractivity (Wildman–Crippen MR) is 31.8 cm³/mol. The Kier molecular flexibility index (Phi) is 3.26. The van der Waals surface area contributed by atoms with Crippen molar-refractivity contribution in [2.45, 2.75) is 0 Å². The fourth-order valence-corrected chi connectivity index (χ4v) is 0.532. The van der Waals surface area contributed by atoms with Crippen molar-refractivity contribution in [1.82, 2.24) is 0 Å². The number of carbonyl (C=O) groups is 1. The minimum Gasteiger partial charge on any atom is -0.298 e. The molecule has 0 bridgehead atoms. The molecular formula is C7H6HeO. The number of rotatable bonds is 1. The van der Waals surface area contributed by atoms with Crippen molar-refractivity contribution in [3.8, 4) is 0 Å². The standard InChI is InChI=1S/C7H6O.He/c8-6-7-4-2-1-3-5-7;/h1-6H;. The Hall–Kier alpha value is -1.20. The van der Waals surface area contributed by atoms with E-state index < -0.39 is 0 Å². The molecule has 0 unspecified atom stereocenters. The first-order valence-corrected chi connectivity index (χ1v) is 2.44. The van der Waals surface area contributed by atoms with E-state index in [-0.39, 0.29) is 6.15 Å². The van der Waals surface area contributed by atoms with Crippen LogP contribution in [0.3, 0.4) is 0 Å². The van der Waals surface area contributed by atoms with Crippen molar-refractivity contribution < 1.29 is 10.9 Å². The van der Waals surface area contributed by atoms with Gasteiger partial charge in [0.15, 0.2) is 0 Å². The average Bonchev–Trinajstić information content (AvgIpc) is 1.90. The van der Waals surface area contributed by atoms with Crippen LogP contribution in [0, 0.1) is 6.15 Å². The van der Waals surface area contributed by atoms with Gasteiger partial charge < -0.3 is 0 Å². The van der Waals surface area contributed by atoms with Crippen molar-refractivity contribution in [1.29, 1.82) is 0 Å². The van der Waals surface area contributed by atoms with E-state index in [0.29, 0.717) is 0 Å². The normalized spacial score (nSPS) is 7.56. The summed E-state index contributed by atoms with van der Waals surface area (Å²) in [6.07, 6.45) is 0.833. The maximum atomic E-state index is 10.0. The van der Waals surface area contributed by atoms with Gasteiger partial charge in [-0.25, -0.2) is 0 Å². The second-order valence-electron chi connectivity index (χ2n) is 1.53. The summed E-state index contributed by atoms with van der Waals surface area (Å²) in [6, 6.07) is 9.10. The van der Waals surface area contributed by atoms with E-state index in [2.05, 4.69) is 0 Å². The molecule has 0 N–H and O–H groups in total. The molecule has 1 nitrogen and oxygen atoms in total. The van der Waals surface area contributed by atoms with Crippen molar-refractivity contribution >= 4 is 6.29 Å². The van der Waals surface area contributed by atoms with E-state index in [1.807, 2.05) is 18.2 Å². The number of benzene rings is 1. The SMILES string of the molecule is O=Cc1ccccc1.[He]. The zero-order valence-electron chi connectivity index (χ0n) is 5.08. The maximum absolute atomic E-state index is 10.0. The van der Waals surface area contributed by atoms with Crippen LogP contribution >= 0.6 is 0 Å². The van der Waals surface area contributed by atoms with Crippen LogP contribution in [-0.2, 0) is 0 Å². The van der Waals surface area contributed by atoms with Gasteiger partial charge in [0.05, 0.1) is 0 Å². The Balaban J connectivity index is 0.000000640. The molecule has 0 aliphatic heterocycles. The molecule has 1 aromatic carbocycles. The van der Waals surface area contributed by atoms with Crippen LogP contribution in [0.2, 0.25) is 0 Å². The first kappa shape index (κ1) is 7.80. The molecule has 9 heavy (non-hydrogen) atoms. The van der Waals surface area contributed by atoms with Gasteiger partial charge in [0, 0.05) is 11.7 Å². The van der Waals surface area contributed by atoms with Crippen LogP contribution < -0.4 is 0 Å². The van der Waals surface area contributed by atoms with Gasteiger partial charge in [-0.15, -0.1) is 0 Å². The van der Waals surface area contributed by atoms with Gasteiger partial charge >= 0.3 is 0 Å². The van der Waals surface area contributed by atoms with E-state index in [1.54, 1.807) is 12.1 Å².